The Hall–Kier alpha value is -2.48. The first-order valence-corrected chi connectivity index (χ1v) is 6.48. The third-order valence-corrected chi connectivity index (χ3v) is 3.40. The van der Waals surface area contributed by atoms with Gasteiger partial charge < -0.3 is 15.0 Å². The van der Waals surface area contributed by atoms with Crippen LogP contribution in [0, 0.1) is 0 Å². The van der Waals surface area contributed by atoms with E-state index >= 15 is 0 Å². The zero-order valence-corrected chi connectivity index (χ0v) is 11.3. The van der Waals surface area contributed by atoms with Gasteiger partial charge in [-0.05, 0) is 11.4 Å². The number of fused-ring (bicyclic) bond motifs is 1. The fourth-order valence-corrected chi connectivity index (χ4v) is 2.29. The fraction of sp³-hybridized carbons (Fsp3) is 0.167. The summed E-state index contributed by atoms with van der Waals surface area (Å²) in [4.78, 5) is 41.8. The Morgan fingerprint density at radius 2 is 2.25 bits per heavy atom. The molecule has 0 unspecified atom stereocenters. The number of nitrogens with one attached hydrogen (secondary N) is 1. The lowest BCUT2D eigenvalue weighted by atomic mass is 10.4. The monoisotopic (exact) mass is 293 g/mol. The first-order valence-electron chi connectivity index (χ1n) is 5.60. The third-order valence-electron chi connectivity index (χ3n) is 2.50. The summed E-state index contributed by atoms with van der Waals surface area (Å²) in [6.07, 6.45) is 1.71. The lowest BCUT2D eigenvalue weighted by molar-refractivity contribution is -0.132. The zero-order chi connectivity index (χ0) is 14.7. The van der Waals surface area contributed by atoms with E-state index in [1.165, 1.54) is 23.3 Å². The second-order valence-corrected chi connectivity index (χ2v) is 4.93. The highest BCUT2D eigenvalue weighted by Gasteiger charge is 2.10. The first kappa shape index (κ1) is 13.9. The summed E-state index contributed by atoms with van der Waals surface area (Å²) in [5.74, 6) is -1.33. The van der Waals surface area contributed by atoms with Gasteiger partial charge in [-0.1, -0.05) is 0 Å². The van der Waals surface area contributed by atoms with Crippen LogP contribution in [-0.2, 0) is 16.1 Å². The van der Waals surface area contributed by atoms with Gasteiger partial charge in [0.1, 0.15) is 10.5 Å². The standard InChI is InChI=1S/C12H11N3O4S/c1-15(9(16)2-3-10(17)18)6-8-13-7-4-5-20-11(7)12(19)14-8/h2-5H,6H2,1H3,(H,17,18)(H,13,14,19)/b3-2+. The molecule has 7 nitrogen and oxygen atoms in total. The number of nitrogens with zero attached hydrogens (tertiary/aromatic N) is 2. The molecule has 0 bridgehead atoms. The Balaban J connectivity index is 2.17. The Morgan fingerprint density at radius 3 is 2.95 bits per heavy atom. The molecule has 0 aromatic carbocycles. The number of aromatic nitrogens is 2. The van der Waals surface area contributed by atoms with E-state index in [0.717, 1.165) is 12.2 Å². The number of aromatic amines is 1. The average Bonchev–Trinajstić information content (AvgIpc) is 2.84. The topological polar surface area (TPSA) is 103 Å². The van der Waals surface area contributed by atoms with Gasteiger partial charge in [-0.3, -0.25) is 9.59 Å². The second kappa shape index (κ2) is 5.66. The van der Waals surface area contributed by atoms with Crippen LogP contribution in [0.2, 0.25) is 0 Å². The number of likely N-dealkylation sites (N-methyl/N-ethyl adjacent to an activating group) is 1. The SMILES string of the molecule is CN(Cc1nc2ccsc2c(=O)[nH]1)C(=O)/C=C/C(=O)O. The van der Waals surface area contributed by atoms with E-state index in [-0.39, 0.29) is 12.1 Å². The summed E-state index contributed by atoms with van der Waals surface area (Å²) in [6, 6.07) is 1.73. The Labute approximate surface area is 117 Å². The van der Waals surface area contributed by atoms with Crippen molar-refractivity contribution in [2.24, 2.45) is 0 Å². The molecule has 0 atom stereocenters. The number of carbonyl (C=O) groups is 2. The van der Waals surface area contributed by atoms with E-state index < -0.39 is 11.9 Å². The van der Waals surface area contributed by atoms with Crippen LogP contribution in [0.15, 0.2) is 28.4 Å². The number of amides is 1. The van der Waals surface area contributed by atoms with Crippen LogP contribution in [0.5, 0.6) is 0 Å². The average molecular weight is 293 g/mol. The quantitative estimate of drug-likeness (QED) is 0.803. The van der Waals surface area contributed by atoms with E-state index in [2.05, 4.69) is 9.97 Å². The maximum absolute atomic E-state index is 11.7. The molecule has 0 radical (unpaired) electrons. The maximum Gasteiger partial charge on any atom is 0.328 e. The van der Waals surface area contributed by atoms with Crippen molar-refractivity contribution < 1.29 is 14.7 Å². The van der Waals surface area contributed by atoms with Gasteiger partial charge in [0.2, 0.25) is 5.91 Å². The number of rotatable bonds is 4. The van der Waals surface area contributed by atoms with Crippen LogP contribution in [0.1, 0.15) is 5.82 Å². The summed E-state index contributed by atoms with van der Waals surface area (Å²) < 4.78 is 0.536. The van der Waals surface area contributed by atoms with Crippen LogP contribution in [-0.4, -0.2) is 38.9 Å². The molecule has 2 aromatic rings. The summed E-state index contributed by atoms with van der Waals surface area (Å²) in [6.45, 7) is 0.0871. The lowest BCUT2D eigenvalue weighted by Gasteiger charge is -2.13. The molecule has 0 fully saturated rings. The predicted octanol–water partition coefficient (Wildman–Crippen LogP) is 0.584. The molecule has 0 saturated heterocycles. The molecular weight excluding hydrogens is 282 g/mol. The van der Waals surface area contributed by atoms with Crippen LogP contribution in [0.4, 0.5) is 0 Å². The van der Waals surface area contributed by atoms with Crippen LogP contribution >= 0.6 is 11.3 Å². The number of hydrogen-bond donors (Lipinski definition) is 2. The summed E-state index contributed by atoms with van der Waals surface area (Å²) >= 11 is 1.30. The van der Waals surface area contributed by atoms with Crippen molar-refractivity contribution in [3.63, 3.8) is 0 Å². The smallest absolute Gasteiger partial charge is 0.328 e. The van der Waals surface area contributed by atoms with Gasteiger partial charge in [0, 0.05) is 19.2 Å². The van der Waals surface area contributed by atoms with Gasteiger partial charge >= 0.3 is 5.97 Å². The molecule has 0 saturated carbocycles. The van der Waals surface area contributed by atoms with Crippen molar-refractivity contribution in [3.05, 3.63) is 39.8 Å². The third kappa shape index (κ3) is 3.09. The fourth-order valence-electron chi connectivity index (χ4n) is 1.57. The maximum atomic E-state index is 11.7. The number of aliphatic carboxylic acids is 1. The molecule has 0 aliphatic carbocycles. The molecule has 0 aliphatic heterocycles. The van der Waals surface area contributed by atoms with Crippen molar-refractivity contribution >= 4 is 33.4 Å². The van der Waals surface area contributed by atoms with Crippen LogP contribution in [0.25, 0.3) is 10.2 Å². The zero-order valence-electron chi connectivity index (χ0n) is 10.5. The summed E-state index contributed by atoms with van der Waals surface area (Å²) in [7, 11) is 1.49. The molecular formula is C12H11N3O4S. The van der Waals surface area contributed by atoms with Crippen molar-refractivity contribution in [1.29, 1.82) is 0 Å². The molecule has 104 valence electrons. The van der Waals surface area contributed by atoms with Gasteiger partial charge in [-0.2, -0.15) is 0 Å². The second-order valence-electron chi connectivity index (χ2n) is 4.01. The van der Waals surface area contributed by atoms with E-state index in [9.17, 15) is 14.4 Å². The minimum Gasteiger partial charge on any atom is -0.478 e. The van der Waals surface area contributed by atoms with E-state index in [1.54, 1.807) is 11.4 Å². The minimum absolute atomic E-state index is 0.0871. The van der Waals surface area contributed by atoms with Gasteiger partial charge in [-0.15, -0.1) is 11.3 Å². The number of hydrogen-bond acceptors (Lipinski definition) is 5. The highest BCUT2D eigenvalue weighted by Crippen LogP contribution is 2.13. The lowest BCUT2D eigenvalue weighted by Crippen LogP contribution is -2.26. The molecule has 2 rings (SSSR count). The van der Waals surface area contributed by atoms with E-state index in [4.69, 9.17) is 5.11 Å². The molecule has 2 aromatic heterocycles. The Morgan fingerprint density at radius 1 is 1.50 bits per heavy atom. The molecule has 1 amide bonds. The van der Waals surface area contributed by atoms with Crippen LogP contribution in [0.3, 0.4) is 0 Å². The van der Waals surface area contributed by atoms with E-state index in [0.29, 0.717) is 16.0 Å². The molecule has 20 heavy (non-hydrogen) atoms. The Kier molecular flexibility index (Phi) is 3.94. The highest BCUT2D eigenvalue weighted by atomic mass is 32.1. The number of carboxylic acids is 1. The van der Waals surface area contributed by atoms with Gasteiger partial charge in [0.15, 0.2) is 0 Å². The van der Waals surface area contributed by atoms with Crippen molar-refractivity contribution in [2.75, 3.05) is 7.05 Å². The molecule has 8 heteroatoms. The molecule has 2 heterocycles. The van der Waals surface area contributed by atoms with Gasteiger partial charge in [-0.25, -0.2) is 9.78 Å². The first-order chi connectivity index (χ1) is 9.47. The summed E-state index contributed by atoms with van der Waals surface area (Å²) in [5.41, 5.74) is 0.331. The minimum atomic E-state index is -1.20. The number of carbonyl (C=O) groups excluding carboxylic acids is 1. The predicted molar refractivity (Wildman–Crippen MR) is 73.5 cm³/mol. The van der Waals surface area contributed by atoms with E-state index in [1.807, 2.05) is 0 Å². The summed E-state index contributed by atoms with van der Waals surface area (Å²) in [5, 5.41) is 10.2. The largest absolute Gasteiger partial charge is 0.478 e. The van der Waals surface area contributed by atoms with Gasteiger partial charge in [0.05, 0.1) is 12.1 Å². The highest BCUT2D eigenvalue weighted by molar-refractivity contribution is 7.17. The number of carboxylic acid groups (broad SMARTS) is 1. The molecule has 0 spiro atoms. The number of H-pyrrole nitrogens is 1. The normalized spacial score (nSPS) is 11.1. The Bertz CT molecular complexity index is 746. The van der Waals surface area contributed by atoms with Crippen molar-refractivity contribution in [1.82, 2.24) is 14.9 Å². The van der Waals surface area contributed by atoms with Crippen molar-refractivity contribution in [3.8, 4) is 0 Å². The van der Waals surface area contributed by atoms with Crippen molar-refractivity contribution in [2.45, 2.75) is 6.54 Å². The van der Waals surface area contributed by atoms with Gasteiger partial charge in [0.25, 0.3) is 5.56 Å². The molecule has 2 N–H and O–H groups in total. The molecule has 0 aliphatic rings. The van der Waals surface area contributed by atoms with Crippen LogP contribution < -0.4 is 5.56 Å². The number of thiophene rings is 1.